The largest absolute Gasteiger partial charge is 0.356 e. The molecule has 0 aromatic carbocycles. The summed E-state index contributed by atoms with van der Waals surface area (Å²) in [5.41, 5.74) is 1.92. The number of fused-ring (bicyclic) bond motifs is 1. The van der Waals surface area contributed by atoms with Crippen molar-refractivity contribution in [3.63, 3.8) is 0 Å². The average Bonchev–Trinajstić information content (AvgIpc) is 2.83. The van der Waals surface area contributed by atoms with Crippen LogP contribution in [0.1, 0.15) is 18.5 Å². The maximum Gasteiger partial charge on any atom is 0.226 e. The van der Waals surface area contributed by atoms with Crippen LogP contribution in [0.15, 0.2) is 6.07 Å². The van der Waals surface area contributed by atoms with Gasteiger partial charge in [-0.1, -0.05) is 0 Å². The fraction of sp³-hybridized carbons (Fsp3) is 0.455. The van der Waals surface area contributed by atoms with Crippen molar-refractivity contribution in [2.75, 3.05) is 18.0 Å². The Hall–Kier alpha value is -1.29. The van der Waals surface area contributed by atoms with Crippen molar-refractivity contribution in [3.05, 3.63) is 17.0 Å². The van der Waals surface area contributed by atoms with Crippen molar-refractivity contribution in [3.8, 4) is 0 Å². The van der Waals surface area contributed by atoms with Gasteiger partial charge in [0.05, 0.1) is 5.39 Å². The molecule has 3 rings (SSSR count). The first-order valence-corrected chi connectivity index (χ1v) is 5.89. The molecule has 1 N–H and O–H groups in total. The number of anilines is 1. The topological polar surface area (TPSA) is 44.8 Å². The van der Waals surface area contributed by atoms with Crippen LogP contribution in [-0.2, 0) is 0 Å². The summed E-state index contributed by atoms with van der Waals surface area (Å²) >= 11 is 5.94. The highest BCUT2D eigenvalue weighted by molar-refractivity contribution is 6.28. The van der Waals surface area contributed by atoms with Crippen molar-refractivity contribution in [2.45, 2.75) is 19.8 Å². The summed E-state index contributed by atoms with van der Waals surface area (Å²) < 4.78 is 0. The van der Waals surface area contributed by atoms with Crippen molar-refractivity contribution in [1.29, 1.82) is 0 Å². The number of aromatic amines is 1. The zero-order chi connectivity index (χ0) is 11.1. The quantitative estimate of drug-likeness (QED) is 0.774. The summed E-state index contributed by atoms with van der Waals surface area (Å²) in [5, 5.41) is 1.39. The van der Waals surface area contributed by atoms with E-state index in [-0.39, 0.29) is 0 Å². The lowest BCUT2D eigenvalue weighted by atomic mass is 10.3. The van der Waals surface area contributed by atoms with Gasteiger partial charge in [0.15, 0.2) is 0 Å². The van der Waals surface area contributed by atoms with Gasteiger partial charge in [-0.05, 0) is 37.4 Å². The van der Waals surface area contributed by atoms with E-state index < -0.39 is 0 Å². The Morgan fingerprint density at radius 2 is 2.06 bits per heavy atom. The zero-order valence-electron chi connectivity index (χ0n) is 9.13. The minimum atomic E-state index is 0.316. The summed E-state index contributed by atoms with van der Waals surface area (Å²) in [5.74, 6) is 0.969. The van der Waals surface area contributed by atoms with Crippen LogP contribution >= 0.6 is 11.6 Å². The molecule has 0 bridgehead atoms. The van der Waals surface area contributed by atoms with Gasteiger partial charge < -0.3 is 9.88 Å². The van der Waals surface area contributed by atoms with Crippen LogP contribution in [0.25, 0.3) is 11.0 Å². The molecule has 84 valence electrons. The fourth-order valence-electron chi connectivity index (χ4n) is 2.27. The molecule has 4 nitrogen and oxygen atoms in total. The Kier molecular flexibility index (Phi) is 2.24. The lowest BCUT2D eigenvalue weighted by Gasteiger charge is -2.16. The number of aromatic nitrogens is 3. The maximum atomic E-state index is 5.94. The molecule has 1 aliphatic heterocycles. The van der Waals surface area contributed by atoms with Gasteiger partial charge in [-0.15, -0.1) is 0 Å². The average molecular weight is 237 g/mol. The molecular formula is C11H13ClN4. The Morgan fingerprint density at radius 3 is 2.81 bits per heavy atom. The number of nitrogens with one attached hydrogen (secondary N) is 1. The molecule has 2 aromatic heterocycles. The molecule has 1 aliphatic rings. The van der Waals surface area contributed by atoms with Gasteiger partial charge in [-0.2, -0.15) is 9.97 Å². The number of hydrogen-bond donors (Lipinski definition) is 1. The number of halogens is 1. The van der Waals surface area contributed by atoms with E-state index in [9.17, 15) is 0 Å². The van der Waals surface area contributed by atoms with E-state index in [1.54, 1.807) is 0 Å². The fourth-order valence-corrected chi connectivity index (χ4v) is 2.43. The van der Waals surface area contributed by atoms with Crippen molar-refractivity contribution < 1.29 is 0 Å². The van der Waals surface area contributed by atoms with E-state index >= 15 is 0 Å². The molecule has 0 saturated carbocycles. The van der Waals surface area contributed by atoms with Crippen LogP contribution in [0.3, 0.4) is 0 Å². The smallest absolute Gasteiger partial charge is 0.226 e. The summed E-state index contributed by atoms with van der Waals surface area (Å²) in [7, 11) is 0. The first kappa shape index (κ1) is 9.90. The molecule has 0 atom stereocenters. The van der Waals surface area contributed by atoms with E-state index in [4.69, 9.17) is 11.6 Å². The standard InChI is InChI=1S/C11H13ClN4/c1-7-6-8-9(13-7)14-11(12)15-10(8)16-4-2-3-5-16/h6H,2-5H2,1H3,(H,13,14,15). The molecule has 0 amide bonds. The number of H-pyrrole nitrogens is 1. The van der Waals surface area contributed by atoms with E-state index in [2.05, 4.69) is 25.9 Å². The Balaban J connectivity index is 2.20. The third-order valence-electron chi connectivity index (χ3n) is 2.98. The highest BCUT2D eigenvalue weighted by Gasteiger charge is 2.18. The second-order valence-corrected chi connectivity index (χ2v) is 4.56. The highest BCUT2D eigenvalue weighted by atomic mass is 35.5. The predicted molar refractivity (Wildman–Crippen MR) is 65.1 cm³/mol. The number of aryl methyl sites for hydroxylation is 1. The zero-order valence-corrected chi connectivity index (χ0v) is 9.88. The highest BCUT2D eigenvalue weighted by Crippen LogP contribution is 2.28. The first-order valence-electron chi connectivity index (χ1n) is 5.52. The molecule has 3 heterocycles. The second-order valence-electron chi connectivity index (χ2n) is 4.23. The Labute approximate surface area is 98.6 Å². The molecule has 0 unspecified atom stereocenters. The van der Waals surface area contributed by atoms with Crippen molar-refractivity contribution in [1.82, 2.24) is 15.0 Å². The molecule has 16 heavy (non-hydrogen) atoms. The van der Waals surface area contributed by atoms with E-state index in [0.717, 1.165) is 35.6 Å². The van der Waals surface area contributed by atoms with Gasteiger partial charge in [0.25, 0.3) is 0 Å². The van der Waals surface area contributed by atoms with Gasteiger partial charge in [0.2, 0.25) is 5.28 Å². The number of rotatable bonds is 1. The summed E-state index contributed by atoms with van der Waals surface area (Å²) in [4.78, 5) is 14.0. The molecule has 5 heteroatoms. The van der Waals surface area contributed by atoms with E-state index in [0.29, 0.717) is 5.28 Å². The van der Waals surface area contributed by atoms with Crippen LogP contribution in [0.2, 0.25) is 5.28 Å². The molecule has 1 fully saturated rings. The van der Waals surface area contributed by atoms with Crippen molar-refractivity contribution in [2.24, 2.45) is 0 Å². The van der Waals surface area contributed by atoms with Crippen LogP contribution < -0.4 is 4.90 Å². The predicted octanol–water partition coefficient (Wildman–Crippen LogP) is 2.52. The normalized spacial score (nSPS) is 16.2. The third-order valence-corrected chi connectivity index (χ3v) is 3.15. The SMILES string of the molecule is Cc1cc2c(N3CCCC3)nc(Cl)nc2[nH]1. The van der Waals surface area contributed by atoms with E-state index in [1.807, 2.05) is 6.92 Å². The van der Waals surface area contributed by atoms with Gasteiger partial charge in [0.1, 0.15) is 11.5 Å². The number of hydrogen-bond acceptors (Lipinski definition) is 3. The molecular weight excluding hydrogens is 224 g/mol. The lowest BCUT2D eigenvalue weighted by Crippen LogP contribution is -2.19. The Bertz CT molecular complexity index is 528. The molecule has 0 aliphatic carbocycles. The van der Waals surface area contributed by atoms with Crippen molar-refractivity contribution >= 4 is 28.5 Å². The van der Waals surface area contributed by atoms with E-state index in [1.165, 1.54) is 12.8 Å². The monoisotopic (exact) mass is 236 g/mol. The minimum Gasteiger partial charge on any atom is -0.356 e. The van der Waals surface area contributed by atoms with Gasteiger partial charge in [0, 0.05) is 18.8 Å². The van der Waals surface area contributed by atoms with Gasteiger partial charge in [-0.25, -0.2) is 0 Å². The van der Waals surface area contributed by atoms with Gasteiger partial charge in [-0.3, -0.25) is 0 Å². The lowest BCUT2D eigenvalue weighted by molar-refractivity contribution is 0.939. The third kappa shape index (κ3) is 1.53. The summed E-state index contributed by atoms with van der Waals surface area (Å²) in [6.45, 7) is 4.14. The maximum absolute atomic E-state index is 5.94. The minimum absolute atomic E-state index is 0.316. The Morgan fingerprint density at radius 1 is 1.31 bits per heavy atom. The van der Waals surface area contributed by atoms with Gasteiger partial charge >= 0.3 is 0 Å². The molecule has 0 radical (unpaired) electrons. The van der Waals surface area contributed by atoms with Crippen LogP contribution in [0.4, 0.5) is 5.82 Å². The van der Waals surface area contributed by atoms with Crippen LogP contribution in [0, 0.1) is 6.92 Å². The summed E-state index contributed by atoms with van der Waals surface area (Å²) in [6, 6.07) is 2.08. The van der Waals surface area contributed by atoms with Crippen LogP contribution in [-0.4, -0.2) is 28.0 Å². The van der Waals surface area contributed by atoms with Crippen LogP contribution in [0.5, 0.6) is 0 Å². The molecule has 0 spiro atoms. The molecule has 2 aromatic rings. The summed E-state index contributed by atoms with van der Waals surface area (Å²) in [6.07, 6.45) is 2.46. The first-order chi connectivity index (χ1) is 7.74. The second kappa shape index (κ2) is 3.63. The molecule has 1 saturated heterocycles. The number of nitrogens with zero attached hydrogens (tertiary/aromatic N) is 3.